The first-order valence-electron chi connectivity index (χ1n) is 14.4. The molecule has 2 fully saturated rings. The van der Waals surface area contributed by atoms with Crippen molar-refractivity contribution in [1.29, 1.82) is 0 Å². The number of benzene rings is 3. The van der Waals surface area contributed by atoms with Crippen molar-refractivity contribution in [3.8, 4) is 0 Å². The van der Waals surface area contributed by atoms with Gasteiger partial charge in [0.1, 0.15) is 5.92 Å². The van der Waals surface area contributed by atoms with Crippen molar-refractivity contribution in [3.63, 3.8) is 0 Å². The van der Waals surface area contributed by atoms with Crippen LogP contribution >= 0.6 is 0 Å². The predicted octanol–water partition coefficient (Wildman–Crippen LogP) is 5.75. The summed E-state index contributed by atoms with van der Waals surface area (Å²) in [5, 5.41) is 2.95. The number of carbonyl (C=O) groups is 1. The fourth-order valence-electron chi connectivity index (χ4n) is 6.10. The van der Waals surface area contributed by atoms with Gasteiger partial charge in [0.2, 0.25) is 15.9 Å². The number of amides is 1. The van der Waals surface area contributed by atoms with E-state index in [2.05, 4.69) is 27.1 Å². The number of nitrogens with zero attached hydrogens (tertiary/aromatic N) is 2. The van der Waals surface area contributed by atoms with Gasteiger partial charge >= 0.3 is 0 Å². The third-order valence-electron chi connectivity index (χ3n) is 8.23. The molecule has 208 valence electrons. The highest BCUT2D eigenvalue weighted by Gasteiger charge is 2.37. The fraction of sp³-hybridized carbons (Fsp3) is 0.375. The molecule has 1 unspecified atom stereocenters. The quantitative estimate of drug-likeness (QED) is 0.346. The van der Waals surface area contributed by atoms with Crippen LogP contribution in [0, 0.1) is 0 Å². The van der Waals surface area contributed by atoms with Crippen molar-refractivity contribution in [2.75, 3.05) is 18.4 Å². The number of anilines is 1. The molecule has 2 heterocycles. The number of sulfonamides is 1. The van der Waals surface area contributed by atoms with E-state index >= 15 is 0 Å². The second-order valence-electron chi connectivity index (χ2n) is 11.1. The lowest BCUT2D eigenvalue weighted by Crippen LogP contribution is -2.32. The van der Waals surface area contributed by atoms with Crippen LogP contribution < -0.4 is 10.0 Å². The van der Waals surface area contributed by atoms with E-state index in [-0.39, 0.29) is 16.8 Å². The van der Waals surface area contributed by atoms with Gasteiger partial charge in [-0.2, -0.15) is 0 Å². The monoisotopic (exact) mass is 556 g/mol. The number of hydrogen-bond acceptors (Lipinski definition) is 5. The van der Waals surface area contributed by atoms with E-state index < -0.39 is 15.9 Å². The van der Waals surface area contributed by atoms with Crippen LogP contribution in [0.25, 0.3) is 0 Å². The Labute approximate surface area is 236 Å². The number of piperidine rings is 1. The maximum absolute atomic E-state index is 13.4. The molecule has 1 amide bonds. The molecule has 0 aromatic heterocycles. The van der Waals surface area contributed by atoms with Gasteiger partial charge in [-0.05, 0) is 85.8 Å². The van der Waals surface area contributed by atoms with Crippen molar-refractivity contribution in [1.82, 2.24) is 9.62 Å². The maximum Gasteiger partial charge on any atom is 0.240 e. The molecule has 6 rings (SSSR count). The van der Waals surface area contributed by atoms with Gasteiger partial charge in [0.25, 0.3) is 0 Å². The number of carbonyl (C=O) groups excluding carboxylic acids is 1. The Balaban J connectivity index is 1.33. The summed E-state index contributed by atoms with van der Waals surface area (Å²) in [5.74, 6) is -0.940. The highest BCUT2D eigenvalue weighted by Crippen LogP contribution is 2.38. The van der Waals surface area contributed by atoms with Gasteiger partial charge in [-0.25, -0.2) is 13.1 Å². The molecule has 3 aromatic rings. The second kappa shape index (κ2) is 11.6. The first-order chi connectivity index (χ1) is 19.5. The average molecular weight is 557 g/mol. The van der Waals surface area contributed by atoms with Crippen LogP contribution in [0.1, 0.15) is 67.6 Å². The van der Waals surface area contributed by atoms with Gasteiger partial charge < -0.3 is 5.32 Å². The SMILES string of the molecule is O=C1Nc2ccc(S(=O)(=O)NC3CCCC3)cc2C1C(=Nc1ccc(CN2CCCCC2)cc1)c1ccccc1. The minimum atomic E-state index is -3.71. The Hall–Kier alpha value is -3.33. The van der Waals surface area contributed by atoms with E-state index in [1.165, 1.54) is 24.8 Å². The van der Waals surface area contributed by atoms with Crippen molar-refractivity contribution in [3.05, 3.63) is 89.5 Å². The molecule has 0 radical (unpaired) electrons. The number of nitrogens with one attached hydrogen (secondary N) is 2. The molecule has 1 atom stereocenters. The summed E-state index contributed by atoms with van der Waals surface area (Å²) in [4.78, 5) is 21.1. The van der Waals surface area contributed by atoms with Crippen LogP contribution in [0.2, 0.25) is 0 Å². The number of rotatable bonds is 8. The lowest BCUT2D eigenvalue weighted by Gasteiger charge is -2.26. The highest BCUT2D eigenvalue weighted by molar-refractivity contribution is 7.89. The molecular weight excluding hydrogens is 520 g/mol. The zero-order valence-electron chi connectivity index (χ0n) is 22.7. The Bertz CT molecular complexity index is 1490. The van der Waals surface area contributed by atoms with Gasteiger partial charge in [-0.3, -0.25) is 14.7 Å². The van der Waals surface area contributed by atoms with E-state index in [0.29, 0.717) is 17.0 Å². The van der Waals surface area contributed by atoms with Crippen LogP contribution in [0.5, 0.6) is 0 Å². The minimum Gasteiger partial charge on any atom is -0.325 e. The zero-order chi connectivity index (χ0) is 27.5. The molecule has 8 heteroatoms. The lowest BCUT2D eigenvalue weighted by atomic mass is 9.90. The zero-order valence-corrected chi connectivity index (χ0v) is 23.5. The van der Waals surface area contributed by atoms with Crippen molar-refractivity contribution >= 4 is 33.0 Å². The van der Waals surface area contributed by atoms with Crippen molar-refractivity contribution in [2.24, 2.45) is 4.99 Å². The number of fused-ring (bicyclic) bond motifs is 1. The first kappa shape index (κ1) is 26.9. The second-order valence-corrected chi connectivity index (χ2v) is 12.9. The minimum absolute atomic E-state index is 0.0341. The molecule has 2 N–H and O–H groups in total. The van der Waals surface area contributed by atoms with Crippen molar-refractivity contribution < 1.29 is 13.2 Å². The van der Waals surface area contributed by atoms with Gasteiger partial charge in [-0.15, -0.1) is 0 Å². The Kier molecular flexibility index (Phi) is 7.82. The van der Waals surface area contributed by atoms with Gasteiger partial charge in [0, 0.05) is 18.3 Å². The molecule has 40 heavy (non-hydrogen) atoms. The average Bonchev–Trinajstić information content (AvgIpc) is 3.59. The Morgan fingerprint density at radius 1 is 0.900 bits per heavy atom. The standard InChI is InChI=1S/C32H36N4O3S/c37-32-30(28-21-27(17-18-29(28)34-32)40(38,39)35-26-11-5-6-12-26)31(24-9-3-1-4-10-24)33-25-15-13-23(14-16-25)22-36-19-7-2-8-20-36/h1,3-4,9-10,13-18,21,26,30,35H,2,5-8,11-12,19-20,22H2,(H,34,37). The largest absolute Gasteiger partial charge is 0.325 e. The van der Waals surface area contributed by atoms with Crippen LogP contribution in [-0.2, 0) is 21.4 Å². The molecule has 1 saturated heterocycles. The molecular formula is C32H36N4O3S. The molecule has 0 bridgehead atoms. The van der Waals surface area contributed by atoms with Crippen molar-refractivity contribution in [2.45, 2.75) is 68.3 Å². The smallest absolute Gasteiger partial charge is 0.240 e. The molecule has 7 nitrogen and oxygen atoms in total. The molecule has 1 saturated carbocycles. The topological polar surface area (TPSA) is 90.9 Å². The van der Waals surface area contributed by atoms with Crippen LogP contribution in [0.4, 0.5) is 11.4 Å². The third-order valence-corrected chi connectivity index (χ3v) is 9.74. The van der Waals surface area contributed by atoms with Crippen LogP contribution in [0.3, 0.4) is 0 Å². The number of likely N-dealkylation sites (tertiary alicyclic amines) is 1. The van der Waals surface area contributed by atoms with Crippen LogP contribution in [0.15, 0.2) is 82.7 Å². The van der Waals surface area contributed by atoms with Gasteiger partial charge in [0.05, 0.1) is 16.3 Å². The summed E-state index contributed by atoms with van der Waals surface area (Å²) in [6.07, 6.45) is 7.61. The summed E-state index contributed by atoms with van der Waals surface area (Å²) in [5.41, 5.74) is 4.67. The Morgan fingerprint density at radius 2 is 1.62 bits per heavy atom. The van der Waals surface area contributed by atoms with E-state index in [1.807, 2.05) is 42.5 Å². The summed E-state index contributed by atoms with van der Waals surface area (Å²) in [6.45, 7) is 3.21. The predicted molar refractivity (Wildman–Crippen MR) is 159 cm³/mol. The third kappa shape index (κ3) is 5.89. The molecule has 2 aliphatic heterocycles. The van der Waals surface area contributed by atoms with E-state index in [9.17, 15) is 13.2 Å². The van der Waals surface area contributed by atoms with E-state index in [1.54, 1.807) is 18.2 Å². The normalized spacial score (nSPS) is 20.4. The summed E-state index contributed by atoms with van der Waals surface area (Å²) < 4.78 is 29.3. The first-order valence-corrected chi connectivity index (χ1v) is 15.9. The van der Waals surface area contributed by atoms with Crippen LogP contribution in [-0.4, -0.2) is 44.1 Å². The van der Waals surface area contributed by atoms with E-state index in [4.69, 9.17) is 4.99 Å². The number of hydrogen-bond donors (Lipinski definition) is 2. The molecule has 1 aliphatic carbocycles. The van der Waals surface area contributed by atoms with Gasteiger partial charge in [-0.1, -0.05) is 61.7 Å². The van der Waals surface area contributed by atoms with E-state index in [0.717, 1.165) is 56.6 Å². The highest BCUT2D eigenvalue weighted by atomic mass is 32.2. The summed E-state index contributed by atoms with van der Waals surface area (Å²) >= 11 is 0. The summed E-state index contributed by atoms with van der Waals surface area (Å²) in [6, 6.07) is 22.7. The molecule has 3 aromatic carbocycles. The molecule has 3 aliphatic rings. The fourth-order valence-corrected chi connectivity index (χ4v) is 7.44. The maximum atomic E-state index is 13.4. The molecule has 0 spiro atoms. The Morgan fingerprint density at radius 3 is 2.35 bits per heavy atom. The lowest BCUT2D eigenvalue weighted by molar-refractivity contribution is -0.115. The number of aliphatic imine (C=N–C) groups is 1. The summed E-state index contributed by atoms with van der Waals surface area (Å²) in [7, 11) is -3.71. The van der Waals surface area contributed by atoms with Gasteiger partial charge in [0.15, 0.2) is 0 Å².